The van der Waals surface area contributed by atoms with Crippen LogP contribution in [0.4, 0.5) is 0 Å². The van der Waals surface area contributed by atoms with Crippen molar-refractivity contribution < 1.29 is 4.74 Å². The van der Waals surface area contributed by atoms with Crippen LogP contribution in [0.3, 0.4) is 0 Å². The van der Waals surface area contributed by atoms with Crippen LogP contribution in [0.5, 0.6) is 0 Å². The Balaban J connectivity index is 1.51. The van der Waals surface area contributed by atoms with Gasteiger partial charge in [-0.1, -0.05) is 19.3 Å². The summed E-state index contributed by atoms with van der Waals surface area (Å²) >= 11 is 0. The lowest BCUT2D eigenvalue weighted by Crippen LogP contribution is -2.39. The van der Waals surface area contributed by atoms with E-state index in [0.717, 1.165) is 58.3 Å². The van der Waals surface area contributed by atoms with E-state index in [9.17, 15) is 0 Å². The number of nitrogens with one attached hydrogen (secondary N) is 1. The fraction of sp³-hybridized carbons (Fsp3) is 0.933. The van der Waals surface area contributed by atoms with Crippen molar-refractivity contribution in [3.05, 3.63) is 0 Å². The van der Waals surface area contributed by atoms with E-state index in [4.69, 9.17) is 10.5 Å². The maximum atomic E-state index is 5.92. The van der Waals surface area contributed by atoms with Crippen LogP contribution in [-0.2, 0) is 4.74 Å². The van der Waals surface area contributed by atoms with Crippen LogP contribution in [0.15, 0.2) is 4.99 Å². The van der Waals surface area contributed by atoms with Crippen molar-refractivity contribution >= 4 is 5.96 Å². The predicted molar refractivity (Wildman–Crippen MR) is 82.9 cm³/mol. The molecule has 0 spiro atoms. The predicted octanol–water partition coefficient (Wildman–Crippen LogP) is 1.19. The molecule has 1 saturated heterocycles. The van der Waals surface area contributed by atoms with E-state index in [1.54, 1.807) is 0 Å². The van der Waals surface area contributed by atoms with Crippen molar-refractivity contribution in [2.45, 2.75) is 38.5 Å². The first-order valence-corrected chi connectivity index (χ1v) is 8.18. The number of aliphatic imine (C=N–C) groups is 1. The van der Waals surface area contributed by atoms with Crippen LogP contribution >= 0.6 is 0 Å². The third-order valence-corrected chi connectivity index (χ3v) is 4.31. The second kappa shape index (κ2) is 9.19. The van der Waals surface area contributed by atoms with Crippen molar-refractivity contribution in [2.75, 3.05) is 45.9 Å². The molecule has 0 aromatic carbocycles. The number of ether oxygens (including phenoxy) is 1. The fourth-order valence-corrected chi connectivity index (χ4v) is 3.00. The summed E-state index contributed by atoms with van der Waals surface area (Å²) in [7, 11) is 0. The van der Waals surface area contributed by atoms with E-state index in [2.05, 4.69) is 15.2 Å². The van der Waals surface area contributed by atoms with Crippen LogP contribution < -0.4 is 11.1 Å². The number of guanidine groups is 1. The van der Waals surface area contributed by atoms with Gasteiger partial charge in [-0.3, -0.25) is 9.89 Å². The molecular weight excluding hydrogens is 252 g/mol. The molecule has 0 radical (unpaired) electrons. The molecule has 5 heteroatoms. The summed E-state index contributed by atoms with van der Waals surface area (Å²) in [5.74, 6) is 1.38. The SMILES string of the molecule is NC(=NCC1CCCCC1)NCCCN1CCOCC1. The van der Waals surface area contributed by atoms with Crippen molar-refractivity contribution in [1.29, 1.82) is 0 Å². The Labute approximate surface area is 122 Å². The number of hydrogen-bond donors (Lipinski definition) is 2. The van der Waals surface area contributed by atoms with Crippen LogP contribution in [0.25, 0.3) is 0 Å². The average Bonchev–Trinajstić information content (AvgIpc) is 2.52. The maximum absolute atomic E-state index is 5.92. The number of rotatable bonds is 6. The Hall–Kier alpha value is -0.810. The van der Waals surface area contributed by atoms with Crippen LogP contribution in [-0.4, -0.2) is 56.8 Å². The van der Waals surface area contributed by atoms with E-state index in [-0.39, 0.29) is 0 Å². The maximum Gasteiger partial charge on any atom is 0.188 e. The summed E-state index contributed by atoms with van der Waals surface area (Å²) in [5.41, 5.74) is 5.92. The van der Waals surface area contributed by atoms with Gasteiger partial charge >= 0.3 is 0 Å². The third-order valence-electron chi connectivity index (χ3n) is 4.31. The monoisotopic (exact) mass is 282 g/mol. The number of nitrogens with two attached hydrogens (primary N) is 1. The van der Waals surface area contributed by atoms with Gasteiger partial charge in [-0.15, -0.1) is 0 Å². The lowest BCUT2D eigenvalue weighted by Gasteiger charge is -2.26. The van der Waals surface area contributed by atoms with Gasteiger partial charge in [0.1, 0.15) is 0 Å². The van der Waals surface area contributed by atoms with E-state index in [0.29, 0.717) is 5.96 Å². The number of nitrogens with zero attached hydrogens (tertiary/aromatic N) is 2. The number of hydrogen-bond acceptors (Lipinski definition) is 3. The van der Waals surface area contributed by atoms with E-state index < -0.39 is 0 Å². The fourth-order valence-electron chi connectivity index (χ4n) is 3.00. The first-order chi connectivity index (χ1) is 9.84. The molecule has 0 bridgehead atoms. The highest BCUT2D eigenvalue weighted by molar-refractivity contribution is 5.77. The third kappa shape index (κ3) is 6.09. The Bertz CT molecular complexity index is 284. The van der Waals surface area contributed by atoms with Crippen molar-refractivity contribution in [2.24, 2.45) is 16.6 Å². The van der Waals surface area contributed by atoms with Gasteiger partial charge in [-0.25, -0.2) is 0 Å². The second-order valence-corrected chi connectivity index (χ2v) is 5.96. The van der Waals surface area contributed by atoms with Crippen molar-refractivity contribution in [1.82, 2.24) is 10.2 Å². The van der Waals surface area contributed by atoms with Crippen molar-refractivity contribution in [3.63, 3.8) is 0 Å². The molecular formula is C15H30N4O. The summed E-state index contributed by atoms with van der Waals surface area (Å²) in [5, 5.41) is 3.23. The largest absolute Gasteiger partial charge is 0.379 e. The van der Waals surface area contributed by atoms with Gasteiger partial charge < -0.3 is 15.8 Å². The van der Waals surface area contributed by atoms with Crippen LogP contribution in [0.1, 0.15) is 38.5 Å². The minimum absolute atomic E-state index is 0.623. The Morgan fingerprint density at radius 1 is 1.20 bits per heavy atom. The summed E-state index contributed by atoms with van der Waals surface area (Å²) in [6, 6.07) is 0. The van der Waals surface area contributed by atoms with Gasteiger partial charge in [0.25, 0.3) is 0 Å². The molecule has 116 valence electrons. The van der Waals surface area contributed by atoms with Gasteiger partial charge in [0, 0.05) is 26.2 Å². The highest BCUT2D eigenvalue weighted by atomic mass is 16.5. The lowest BCUT2D eigenvalue weighted by atomic mass is 9.89. The molecule has 0 atom stereocenters. The first kappa shape index (κ1) is 15.6. The Morgan fingerprint density at radius 3 is 2.70 bits per heavy atom. The zero-order valence-corrected chi connectivity index (χ0v) is 12.6. The van der Waals surface area contributed by atoms with Gasteiger partial charge in [0.05, 0.1) is 13.2 Å². The minimum Gasteiger partial charge on any atom is -0.379 e. The summed E-state index contributed by atoms with van der Waals surface area (Å²) in [4.78, 5) is 6.93. The molecule has 2 rings (SSSR count). The Morgan fingerprint density at radius 2 is 1.95 bits per heavy atom. The van der Waals surface area contributed by atoms with E-state index >= 15 is 0 Å². The Kier molecular flexibility index (Phi) is 7.15. The van der Waals surface area contributed by atoms with E-state index in [1.807, 2.05) is 0 Å². The summed E-state index contributed by atoms with van der Waals surface area (Å²) in [6.07, 6.45) is 7.90. The highest BCUT2D eigenvalue weighted by Crippen LogP contribution is 2.23. The molecule has 1 aliphatic carbocycles. The minimum atomic E-state index is 0.623. The first-order valence-electron chi connectivity index (χ1n) is 8.18. The average molecular weight is 282 g/mol. The standard InChI is InChI=1S/C15H30N4O/c16-15(18-13-14-5-2-1-3-6-14)17-7-4-8-19-9-11-20-12-10-19/h14H,1-13H2,(H3,16,17,18). The van der Waals surface area contributed by atoms with Gasteiger partial charge in [-0.2, -0.15) is 0 Å². The van der Waals surface area contributed by atoms with Gasteiger partial charge in [-0.05, 0) is 31.7 Å². The quantitative estimate of drug-likeness (QED) is 0.436. The molecule has 5 nitrogen and oxygen atoms in total. The molecule has 3 N–H and O–H groups in total. The normalized spacial score (nSPS) is 22.9. The van der Waals surface area contributed by atoms with Gasteiger partial charge in [0.15, 0.2) is 5.96 Å². The molecule has 1 heterocycles. The highest BCUT2D eigenvalue weighted by Gasteiger charge is 2.12. The molecule has 0 aromatic rings. The van der Waals surface area contributed by atoms with E-state index in [1.165, 1.54) is 32.1 Å². The van der Waals surface area contributed by atoms with Crippen LogP contribution in [0, 0.1) is 5.92 Å². The van der Waals surface area contributed by atoms with Gasteiger partial charge in [0.2, 0.25) is 0 Å². The zero-order valence-electron chi connectivity index (χ0n) is 12.6. The topological polar surface area (TPSA) is 62.9 Å². The molecule has 2 aliphatic rings. The molecule has 2 fully saturated rings. The zero-order chi connectivity index (χ0) is 14.0. The van der Waals surface area contributed by atoms with Crippen LogP contribution in [0.2, 0.25) is 0 Å². The number of morpholine rings is 1. The summed E-state index contributed by atoms with van der Waals surface area (Å²) < 4.78 is 5.34. The molecule has 1 aliphatic heterocycles. The molecule has 0 aromatic heterocycles. The molecule has 0 amide bonds. The second-order valence-electron chi connectivity index (χ2n) is 5.96. The molecule has 20 heavy (non-hydrogen) atoms. The summed E-state index contributed by atoms with van der Waals surface area (Å²) in [6.45, 7) is 6.80. The molecule has 1 saturated carbocycles. The van der Waals surface area contributed by atoms with Crippen molar-refractivity contribution in [3.8, 4) is 0 Å². The smallest absolute Gasteiger partial charge is 0.188 e. The lowest BCUT2D eigenvalue weighted by molar-refractivity contribution is 0.0376. The molecule has 0 unspecified atom stereocenters.